The van der Waals surface area contributed by atoms with E-state index >= 15 is 0 Å². The summed E-state index contributed by atoms with van der Waals surface area (Å²) in [4.78, 5) is 0. The minimum atomic E-state index is -0.0731. The van der Waals surface area contributed by atoms with E-state index in [-0.39, 0.29) is 5.41 Å². The van der Waals surface area contributed by atoms with Gasteiger partial charge in [0.1, 0.15) is 11.2 Å². The monoisotopic (exact) mass is 614 g/mol. The number of hydrogen-bond donors (Lipinski definition) is 0. The van der Waals surface area contributed by atoms with Gasteiger partial charge < -0.3 is 13.6 Å². The third kappa shape index (κ3) is 3.28. The van der Waals surface area contributed by atoms with Crippen molar-refractivity contribution in [1.29, 1.82) is 0 Å². The first kappa shape index (κ1) is 26.1. The molecule has 0 atom stereocenters. The summed E-state index contributed by atoms with van der Waals surface area (Å²) >= 11 is 0. The fourth-order valence-electron chi connectivity index (χ4n) is 8.67. The molecule has 0 bridgehead atoms. The molecule has 0 saturated heterocycles. The summed E-state index contributed by atoms with van der Waals surface area (Å²) in [5, 5.41) is 7.30. The van der Waals surface area contributed by atoms with Crippen LogP contribution >= 0.6 is 0 Å². The number of furan rings is 1. The molecule has 226 valence electrons. The highest BCUT2D eigenvalue weighted by atomic mass is 16.3. The number of benzene rings is 7. The van der Waals surface area contributed by atoms with Gasteiger partial charge in [-0.25, -0.2) is 0 Å². The van der Waals surface area contributed by atoms with Gasteiger partial charge in [-0.1, -0.05) is 98.8 Å². The number of hydrogen-bond acceptors (Lipinski definition) is 1. The first-order valence-electron chi connectivity index (χ1n) is 16.7. The molecule has 11 rings (SSSR count). The zero-order chi connectivity index (χ0) is 31.7. The number of para-hydroxylation sites is 3. The van der Waals surface area contributed by atoms with Crippen LogP contribution in [0.5, 0.6) is 0 Å². The molecule has 0 radical (unpaired) electrons. The first-order valence-corrected chi connectivity index (χ1v) is 16.7. The normalized spacial score (nSPS) is 13.8. The zero-order valence-electron chi connectivity index (χ0n) is 26.7. The molecular formula is C45H30N2O. The van der Waals surface area contributed by atoms with E-state index in [0.717, 1.165) is 27.6 Å². The predicted octanol–water partition coefficient (Wildman–Crippen LogP) is 12.1. The van der Waals surface area contributed by atoms with Crippen molar-refractivity contribution in [2.24, 2.45) is 0 Å². The predicted molar refractivity (Wildman–Crippen MR) is 200 cm³/mol. The number of nitrogens with zero attached hydrogens (tertiary/aromatic N) is 2. The average molecular weight is 615 g/mol. The summed E-state index contributed by atoms with van der Waals surface area (Å²) in [6.07, 6.45) is 0. The van der Waals surface area contributed by atoms with Gasteiger partial charge in [0.2, 0.25) is 0 Å². The molecule has 3 nitrogen and oxygen atoms in total. The minimum absolute atomic E-state index is 0.0731. The Morgan fingerprint density at radius 2 is 0.958 bits per heavy atom. The Morgan fingerprint density at radius 1 is 0.396 bits per heavy atom. The highest BCUT2D eigenvalue weighted by Gasteiger charge is 2.35. The van der Waals surface area contributed by atoms with Crippen molar-refractivity contribution in [3.05, 3.63) is 157 Å². The molecule has 10 aromatic rings. The topological polar surface area (TPSA) is 23.0 Å². The van der Waals surface area contributed by atoms with E-state index in [0.29, 0.717) is 0 Å². The molecule has 1 aliphatic rings. The zero-order valence-corrected chi connectivity index (χ0v) is 26.7. The van der Waals surface area contributed by atoms with Crippen molar-refractivity contribution in [3.63, 3.8) is 0 Å². The lowest BCUT2D eigenvalue weighted by atomic mass is 9.82. The van der Waals surface area contributed by atoms with E-state index in [1.54, 1.807) is 0 Å². The Balaban J connectivity index is 1.22. The van der Waals surface area contributed by atoms with Crippen LogP contribution < -0.4 is 0 Å². The van der Waals surface area contributed by atoms with Gasteiger partial charge in [0.25, 0.3) is 0 Å². The minimum Gasteiger partial charge on any atom is -0.456 e. The molecule has 0 unspecified atom stereocenters. The third-order valence-corrected chi connectivity index (χ3v) is 10.9. The molecule has 0 amide bonds. The van der Waals surface area contributed by atoms with E-state index in [9.17, 15) is 0 Å². The summed E-state index contributed by atoms with van der Waals surface area (Å²) in [6, 6.07) is 53.3. The molecule has 0 spiro atoms. The van der Waals surface area contributed by atoms with Crippen LogP contribution in [0.1, 0.15) is 25.0 Å². The summed E-state index contributed by atoms with van der Waals surface area (Å²) < 4.78 is 11.1. The highest BCUT2D eigenvalue weighted by Crippen LogP contribution is 2.49. The Labute approximate surface area is 276 Å². The van der Waals surface area contributed by atoms with Gasteiger partial charge in [0.05, 0.1) is 22.1 Å². The maximum absolute atomic E-state index is 6.21. The van der Waals surface area contributed by atoms with E-state index < -0.39 is 0 Å². The van der Waals surface area contributed by atoms with Crippen LogP contribution in [0.15, 0.2) is 150 Å². The molecule has 3 heterocycles. The van der Waals surface area contributed by atoms with Crippen LogP contribution in [-0.2, 0) is 5.41 Å². The van der Waals surface area contributed by atoms with Crippen molar-refractivity contribution < 1.29 is 4.42 Å². The number of rotatable bonds is 2. The summed E-state index contributed by atoms with van der Waals surface area (Å²) in [5.74, 6) is 0. The Morgan fingerprint density at radius 3 is 1.71 bits per heavy atom. The van der Waals surface area contributed by atoms with Crippen LogP contribution in [0.3, 0.4) is 0 Å². The van der Waals surface area contributed by atoms with Crippen molar-refractivity contribution >= 4 is 65.6 Å². The van der Waals surface area contributed by atoms with Crippen molar-refractivity contribution in [3.8, 4) is 22.5 Å². The van der Waals surface area contributed by atoms with Gasteiger partial charge in [0.15, 0.2) is 0 Å². The fourth-order valence-corrected chi connectivity index (χ4v) is 8.67. The summed E-state index contributed by atoms with van der Waals surface area (Å²) in [7, 11) is 0. The first-order chi connectivity index (χ1) is 23.6. The standard InChI is InChI=1S/C45H30N2O/c1-45(2)37-15-7-3-11-29(37)30-21-19-28(24-38(30)45)47-40-17-9-5-13-32(40)35-25-34-31-12-4-8-16-39(31)46(41(34)26-42(35)47)27-20-22-44-36(23-27)33-14-6-10-18-43(33)48-44/h3-26H,1-2H3. The lowest BCUT2D eigenvalue weighted by molar-refractivity contribution is 0.660. The van der Waals surface area contributed by atoms with Crippen molar-refractivity contribution in [2.75, 3.05) is 0 Å². The van der Waals surface area contributed by atoms with Gasteiger partial charge in [-0.2, -0.15) is 0 Å². The lowest BCUT2D eigenvalue weighted by Gasteiger charge is -2.22. The van der Waals surface area contributed by atoms with Crippen molar-refractivity contribution in [1.82, 2.24) is 9.13 Å². The van der Waals surface area contributed by atoms with E-state index in [2.05, 4.69) is 156 Å². The van der Waals surface area contributed by atoms with E-state index in [4.69, 9.17) is 4.42 Å². The second-order valence-corrected chi connectivity index (χ2v) is 13.8. The molecular weight excluding hydrogens is 585 g/mol. The van der Waals surface area contributed by atoms with Crippen LogP contribution in [-0.4, -0.2) is 9.13 Å². The molecule has 3 aromatic heterocycles. The van der Waals surface area contributed by atoms with Crippen LogP contribution in [0.2, 0.25) is 0 Å². The fraction of sp³-hybridized carbons (Fsp3) is 0.0667. The van der Waals surface area contributed by atoms with E-state index in [1.807, 2.05) is 12.1 Å². The van der Waals surface area contributed by atoms with Crippen LogP contribution in [0, 0.1) is 0 Å². The van der Waals surface area contributed by atoms with Gasteiger partial charge in [0, 0.05) is 49.1 Å². The largest absolute Gasteiger partial charge is 0.456 e. The molecule has 0 N–H and O–H groups in total. The molecule has 7 aromatic carbocycles. The molecule has 0 saturated carbocycles. The molecule has 48 heavy (non-hydrogen) atoms. The lowest BCUT2D eigenvalue weighted by Crippen LogP contribution is -2.15. The van der Waals surface area contributed by atoms with E-state index in [1.165, 1.54) is 71.6 Å². The maximum Gasteiger partial charge on any atom is 0.135 e. The van der Waals surface area contributed by atoms with Crippen LogP contribution in [0.25, 0.3) is 88.1 Å². The summed E-state index contributed by atoms with van der Waals surface area (Å²) in [6.45, 7) is 4.71. The second kappa shape index (κ2) is 9.05. The Hall–Kier alpha value is -6.06. The van der Waals surface area contributed by atoms with Crippen LogP contribution in [0.4, 0.5) is 0 Å². The third-order valence-electron chi connectivity index (χ3n) is 10.9. The number of aromatic nitrogens is 2. The van der Waals surface area contributed by atoms with Gasteiger partial charge in [-0.15, -0.1) is 0 Å². The molecule has 1 aliphatic carbocycles. The van der Waals surface area contributed by atoms with Gasteiger partial charge in [-0.05, 0) is 82.9 Å². The highest BCUT2D eigenvalue weighted by molar-refractivity contribution is 6.19. The Bertz CT molecular complexity index is 2980. The molecule has 0 fully saturated rings. The van der Waals surface area contributed by atoms with Gasteiger partial charge >= 0.3 is 0 Å². The average Bonchev–Trinajstić information content (AvgIpc) is 3.82. The SMILES string of the molecule is CC1(C)c2ccccc2-c2ccc(-n3c4ccccc4c4cc5c6ccccc6n(-c6ccc7oc8ccccc8c7c6)c5cc43)cc21. The smallest absolute Gasteiger partial charge is 0.135 e. The van der Waals surface area contributed by atoms with Gasteiger partial charge in [-0.3, -0.25) is 0 Å². The molecule has 3 heteroatoms. The summed E-state index contributed by atoms with van der Waals surface area (Å²) in [5.41, 5.74) is 14.3. The number of fused-ring (bicyclic) bond motifs is 12. The quantitative estimate of drug-likeness (QED) is 0.190. The van der Waals surface area contributed by atoms with Crippen molar-refractivity contribution in [2.45, 2.75) is 19.3 Å². The molecule has 0 aliphatic heterocycles. The maximum atomic E-state index is 6.21. The Kier molecular flexibility index (Phi) is 4.91. The second-order valence-electron chi connectivity index (χ2n) is 13.8.